The molecule has 0 saturated carbocycles. The number of rotatable bonds is 4. The van der Waals surface area contributed by atoms with E-state index >= 15 is 0 Å². The Labute approximate surface area is 160 Å². The summed E-state index contributed by atoms with van der Waals surface area (Å²) in [5.41, 5.74) is 1.81. The van der Waals surface area contributed by atoms with E-state index < -0.39 is 5.41 Å². The van der Waals surface area contributed by atoms with Gasteiger partial charge in [0, 0.05) is 13.0 Å². The minimum atomic E-state index is -0.575. The number of hydrogen-bond acceptors (Lipinski definition) is 3. The molecule has 4 rings (SSSR count). The van der Waals surface area contributed by atoms with Crippen molar-refractivity contribution < 1.29 is 9.59 Å². The zero-order valence-corrected chi connectivity index (χ0v) is 15.6. The Morgan fingerprint density at radius 2 is 1.56 bits per heavy atom. The second-order valence-electron chi connectivity index (χ2n) is 7.75. The van der Waals surface area contributed by atoms with Crippen molar-refractivity contribution in [2.45, 2.75) is 37.6 Å². The molecule has 2 saturated heterocycles. The fraction of sp³-hybridized carbons (Fsp3) is 0.391. The normalized spacial score (nSPS) is 24.6. The number of amides is 2. The SMILES string of the molecule is O=C1CC[C@](c2ccccc2)(C2CCN([11CH2]c3ccccc3)CC2)C(=O)N1. The van der Waals surface area contributed by atoms with Gasteiger partial charge in [-0.3, -0.25) is 19.8 Å². The van der Waals surface area contributed by atoms with Crippen molar-refractivity contribution in [1.29, 1.82) is 0 Å². The van der Waals surface area contributed by atoms with E-state index in [0.29, 0.717) is 12.8 Å². The number of hydrogen-bond donors (Lipinski definition) is 1. The van der Waals surface area contributed by atoms with Gasteiger partial charge in [-0.25, -0.2) is 0 Å². The summed E-state index contributed by atoms with van der Waals surface area (Å²) < 4.78 is 0. The molecule has 2 heterocycles. The molecule has 0 bridgehead atoms. The number of carbonyl (C=O) groups is 2. The molecule has 2 aliphatic heterocycles. The number of benzene rings is 2. The van der Waals surface area contributed by atoms with Crippen LogP contribution in [0, 0.1) is 5.92 Å². The van der Waals surface area contributed by atoms with Crippen molar-refractivity contribution in [1.82, 2.24) is 10.2 Å². The van der Waals surface area contributed by atoms with E-state index in [1.807, 2.05) is 36.4 Å². The van der Waals surface area contributed by atoms with Crippen LogP contribution in [0.15, 0.2) is 60.7 Å². The third kappa shape index (κ3) is 3.54. The highest BCUT2D eigenvalue weighted by Gasteiger charge is 2.50. The fourth-order valence-corrected chi connectivity index (χ4v) is 4.79. The molecule has 4 nitrogen and oxygen atoms in total. The van der Waals surface area contributed by atoms with E-state index in [2.05, 4.69) is 34.5 Å². The Balaban J connectivity index is 1.53. The van der Waals surface area contributed by atoms with Crippen LogP contribution in [0.5, 0.6) is 0 Å². The lowest BCUT2D eigenvalue weighted by Gasteiger charge is -2.45. The van der Waals surface area contributed by atoms with E-state index in [9.17, 15) is 9.59 Å². The van der Waals surface area contributed by atoms with Crippen LogP contribution >= 0.6 is 0 Å². The first kappa shape index (κ1) is 17.9. The summed E-state index contributed by atoms with van der Waals surface area (Å²) in [5.74, 6) is 0.0135. The number of piperidine rings is 2. The molecule has 0 radical (unpaired) electrons. The Morgan fingerprint density at radius 1 is 0.926 bits per heavy atom. The van der Waals surface area contributed by atoms with Crippen LogP contribution in [0.2, 0.25) is 0 Å². The van der Waals surface area contributed by atoms with Crippen LogP contribution in [0.1, 0.15) is 36.8 Å². The number of imide groups is 1. The number of carbonyl (C=O) groups excluding carboxylic acids is 2. The molecule has 2 aromatic carbocycles. The summed E-state index contributed by atoms with van der Waals surface area (Å²) in [4.78, 5) is 27.3. The van der Waals surface area contributed by atoms with Crippen molar-refractivity contribution in [3.05, 3.63) is 71.8 Å². The molecule has 0 spiro atoms. The van der Waals surface area contributed by atoms with Gasteiger partial charge in [-0.2, -0.15) is 0 Å². The Kier molecular flexibility index (Phi) is 5.08. The monoisotopic (exact) mass is 361 g/mol. The molecule has 2 aromatic rings. The van der Waals surface area contributed by atoms with Crippen molar-refractivity contribution in [3.8, 4) is 0 Å². The van der Waals surface area contributed by atoms with Gasteiger partial charge in [0.2, 0.25) is 11.8 Å². The van der Waals surface area contributed by atoms with Gasteiger partial charge in [-0.1, -0.05) is 60.7 Å². The van der Waals surface area contributed by atoms with E-state index in [4.69, 9.17) is 0 Å². The van der Waals surface area contributed by atoms with Gasteiger partial charge in [0.05, 0.1) is 5.41 Å². The highest BCUT2D eigenvalue weighted by molar-refractivity contribution is 6.03. The molecule has 0 unspecified atom stereocenters. The lowest BCUT2D eigenvalue weighted by atomic mass is 9.62. The van der Waals surface area contributed by atoms with Crippen molar-refractivity contribution in [2.75, 3.05) is 13.1 Å². The van der Waals surface area contributed by atoms with E-state index in [-0.39, 0.29) is 17.7 Å². The van der Waals surface area contributed by atoms with Gasteiger partial charge in [-0.05, 0) is 49.4 Å². The summed E-state index contributed by atoms with van der Waals surface area (Å²) in [6.07, 6.45) is 2.99. The molecule has 1 atom stereocenters. The molecular formula is C23H26N2O2. The maximum absolute atomic E-state index is 13.1. The maximum Gasteiger partial charge on any atom is 0.237 e. The first-order chi connectivity index (χ1) is 13.2. The highest BCUT2D eigenvalue weighted by atomic mass is 16.2. The number of nitrogens with one attached hydrogen (secondary N) is 1. The van der Waals surface area contributed by atoms with E-state index in [1.165, 1.54) is 5.56 Å². The fourth-order valence-electron chi connectivity index (χ4n) is 4.79. The quantitative estimate of drug-likeness (QED) is 0.851. The molecule has 140 valence electrons. The van der Waals surface area contributed by atoms with E-state index in [0.717, 1.165) is 38.0 Å². The van der Waals surface area contributed by atoms with Gasteiger partial charge in [0.15, 0.2) is 0 Å². The lowest BCUT2D eigenvalue weighted by Crippen LogP contribution is -2.57. The predicted molar refractivity (Wildman–Crippen MR) is 105 cm³/mol. The van der Waals surface area contributed by atoms with Crippen LogP contribution in [-0.2, 0) is 21.5 Å². The maximum atomic E-state index is 13.1. The molecular weight excluding hydrogens is 335 g/mol. The largest absolute Gasteiger partial charge is 0.299 e. The van der Waals surface area contributed by atoms with Gasteiger partial charge in [-0.15, -0.1) is 0 Å². The average molecular weight is 361 g/mol. The second-order valence-corrected chi connectivity index (χ2v) is 7.75. The predicted octanol–water partition coefficient (Wildman–Crippen LogP) is 3.27. The first-order valence-corrected chi connectivity index (χ1v) is 9.84. The van der Waals surface area contributed by atoms with Crippen molar-refractivity contribution in [2.24, 2.45) is 5.92 Å². The van der Waals surface area contributed by atoms with Crippen LogP contribution in [-0.4, -0.2) is 29.8 Å². The second kappa shape index (κ2) is 7.65. The lowest BCUT2D eigenvalue weighted by molar-refractivity contribution is -0.140. The summed E-state index contributed by atoms with van der Waals surface area (Å²) in [5, 5.41) is 2.63. The molecule has 0 aliphatic carbocycles. The molecule has 1 N–H and O–H groups in total. The van der Waals surface area contributed by atoms with Crippen molar-refractivity contribution in [3.63, 3.8) is 0 Å². The molecule has 4 heteroatoms. The molecule has 27 heavy (non-hydrogen) atoms. The Morgan fingerprint density at radius 3 is 2.19 bits per heavy atom. The zero-order chi connectivity index (χ0) is 18.7. The van der Waals surface area contributed by atoms with Gasteiger partial charge in [0.1, 0.15) is 0 Å². The molecule has 0 aromatic heterocycles. The molecule has 2 fully saturated rings. The van der Waals surface area contributed by atoms with Crippen LogP contribution in [0.3, 0.4) is 0 Å². The summed E-state index contributed by atoms with van der Waals surface area (Å²) in [7, 11) is 0. The van der Waals surface area contributed by atoms with Crippen molar-refractivity contribution >= 4 is 11.8 Å². The van der Waals surface area contributed by atoms with Gasteiger partial charge >= 0.3 is 0 Å². The standard InChI is InChI=1S/C23H26N2O2/c26-21-11-14-23(22(27)24-21,19-9-5-2-6-10-19)20-12-15-25(16-13-20)17-18-7-3-1-4-8-18/h1-10,20H,11-17H2,(H,24,26,27)/t23-/m0/s1/i17-1. The summed E-state index contributed by atoms with van der Waals surface area (Å²) >= 11 is 0. The van der Waals surface area contributed by atoms with Crippen LogP contribution in [0.4, 0.5) is 0 Å². The Bertz CT molecular complexity index is 798. The molecule has 2 aliphatic rings. The average Bonchev–Trinajstić information content (AvgIpc) is 2.71. The Hall–Kier alpha value is -2.46. The van der Waals surface area contributed by atoms with Gasteiger partial charge in [0.25, 0.3) is 0 Å². The zero-order valence-electron chi connectivity index (χ0n) is 15.6. The minimum Gasteiger partial charge on any atom is -0.299 e. The number of nitrogens with zero attached hydrogens (tertiary/aromatic N) is 1. The van der Waals surface area contributed by atoms with E-state index in [1.54, 1.807) is 0 Å². The van der Waals surface area contributed by atoms with Crippen LogP contribution < -0.4 is 5.32 Å². The van der Waals surface area contributed by atoms with Gasteiger partial charge < -0.3 is 0 Å². The first-order valence-electron chi connectivity index (χ1n) is 9.84. The summed E-state index contributed by atoms with van der Waals surface area (Å²) in [6.45, 7) is 2.92. The molecule has 2 amide bonds. The number of likely N-dealkylation sites (tertiary alicyclic amines) is 1. The van der Waals surface area contributed by atoms with Crippen LogP contribution in [0.25, 0.3) is 0 Å². The summed E-state index contributed by atoms with van der Waals surface area (Å²) in [6, 6.07) is 20.6. The smallest absolute Gasteiger partial charge is 0.237 e. The third-order valence-corrected chi connectivity index (χ3v) is 6.23. The third-order valence-electron chi connectivity index (χ3n) is 6.23. The topological polar surface area (TPSA) is 49.4 Å². The highest BCUT2D eigenvalue weighted by Crippen LogP contribution is 2.44. The minimum absolute atomic E-state index is 0.105.